The molecule has 0 bridgehead atoms. The van der Waals surface area contributed by atoms with E-state index in [2.05, 4.69) is 15.2 Å². The first-order valence-electron chi connectivity index (χ1n) is 4.65. The molecule has 5 heteroatoms. The molecule has 0 unspecified atom stereocenters. The third-order valence-corrected chi connectivity index (χ3v) is 1.75. The van der Waals surface area contributed by atoms with E-state index in [1.807, 2.05) is 6.92 Å². The Labute approximate surface area is 88.4 Å². The molecule has 0 radical (unpaired) electrons. The van der Waals surface area contributed by atoms with Crippen molar-refractivity contribution < 1.29 is 14.4 Å². The van der Waals surface area contributed by atoms with E-state index in [0.717, 1.165) is 5.69 Å². The zero-order chi connectivity index (χ0) is 11.1. The molecule has 1 heterocycles. The molecule has 1 rings (SSSR count). The van der Waals surface area contributed by atoms with Crippen LogP contribution in [0, 0.1) is 0 Å². The van der Waals surface area contributed by atoms with Gasteiger partial charge in [0.15, 0.2) is 0 Å². The molecule has 0 saturated heterocycles. The SMILES string of the molecule is CCONCc1ccc(C(=O)OC)cn1. The predicted octanol–water partition coefficient (Wildman–Crippen LogP) is 0.909. The van der Waals surface area contributed by atoms with Crippen LogP contribution in [0.1, 0.15) is 23.0 Å². The van der Waals surface area contributed by atoms with Gasteiger partial charge in [0, 0.05) is 6.20 Å². The van der Waals surface area contributed by atoms with E-state index < -0.39 is 0 Å². The lowest BCUT2D eigenvalue weighted by atomic mass is 10.2. The number of pyridine rings is 1. The Morgan fingerprint density at radius 2 is 2.33 bits per heavy atom. The average molecular weight is 210 g/mol. The molecule has 0 amide bonds. The van der Waals surface area contributed by atoms with Gasteiger partial charge >= 0.3 is 5.97 Å². The summed E-state index contributed by atoms with van der Waals surface area (Å²) >= 11 is 0. The third kappa shape index (κ3) is 3.65. The van der Waals surface area contributed by atoms with Crippen LogP contribution in [0.3, 0.4) is 0 Å². The first kappa shape index (κ1) is 11.6. The fraction of sp³-hybridized carbons (Fsp3) is 0.400. The minimum atomic E-state index is -0.383. The molecule has 0 aliphatic heterocycles. The number of aromatic nitrogens is 1. The van der Waals surface area contributed by atoms with E-state index in [-0.39, 0.29) is 5.97 Å². The summed E-state index contributed by atoms with van der Waals surface area (Å²) in [4.78, 5) is 20.1. The van der Waals surface area contributed by atoms with Crippen molar-refractivity contribution in [3.63, 3.8) is 0 Å². The van der Waals surface area contributed by atoms with Gasteiger partial charge in [-0.3, -0.25) is 4.98 Å². The number of methoxy groups -OCH3 is 1. The molecule has 15 heavy (non-hydrogen) atoms. The van der Waals surface area contributed by atoms with Gasteiger partial charge in [0.2, 0.25) is 0 Å². The number of hydrogen-bond donors (Lipinski definition) is 1. The summed E-state index contributed by atoms with van der Waals surface area (Å²) in [5.41, 5.74) is 3.98. The lowest BCUT2D eigenvalue weighted by Crippen LogP contribution is -2.14. The third-order valence-electron chi connectivity index (χ3n) is 1.75. The Hall–Kier alpha value is -1.46. The van der Waals surface area contributed by atoms with Gasteiger partial charge in [0.1, 0.15) is 0 Å². The Morgan fingerprint density at radius 1 is 1.53 bits per heavy atom. The molecule has 1 aromatic rings. The van der Waals surface area contributed by atoms with E-state index in [1.165, 1.54) is 13.3 Å². The van der Waals surface area contributed by atoms with Crippen molar-refractivity contribution in [2.45, 2.75) is 13.5 Å². The van der Waals surface area contributed by atoms with Gasteiger partial charge in [-0.05, 0) is 19.1 Å². The standard InChI is InChI=1S/C10H14N2O3/c1-3-15-12-7-9-5-4-8(6-11-9)10(13)14-2/h4-6,12H,3,7H2,1-2H3. The van der Waals surface area contributed by atoms with E-state index in [4.69, 9.17) is 4.84 Å². The molecule has 0 aliphatic carbocycles. The van der Waals surface area contributed by atoms with Crippen LogP contribution in [0.2, 0.25) is 0 Å². The second-order valence-electron chi connectivity index (χ2n) is 2.78. The topological polar surface area (TPSA) is 60.5 Å². The van der Waals surface area contributed by atoms with Crippen molar-refractivity contribution in [2.24, 2.45) is 0 Å². The molecule has 1 N–H and O–H groups in total. The van der Waals surface area contributed by atoms with E-state index in [9.17, 15) is 4.79 Å². The van der Waals surface area contributed by atoms with E-state index >= 15 is 0 Å². The van der Waals surface area contributed by atoms with Crippen molar-refractivity contribution in [3.8, 4) is 0 Å². The molecule has 1 aromatic heterocycles. The van der Waals surface area contributed by atoms with E-state index in [0.29, 0.717) is 18.7 Å². The van der Waals surface area contributed by atoms with Gasteiger partial charge in [-0.15, -0.1) is 0 Å². The number of hydroxylamine groups is 1. The highest BCUT2D eigenvalue weighted by molar-refractivity contribution is 5.88. The number of carbonyl (C=O) groups is 1. The lowest BCUT2D eigenvalue weighted by Gasteiger charge is -2.03. The highest BCUT2D eigenvalue weighted by Crippen LogP contribution is 2.01. The maximum atomic E-state index is 11.1. The van der Waals surface area contributed by atoms with Crippen LogP contribution in [0.15, 0.2) is 18.3 Å². The molecule has 0 saturated carbocycles. The summed E-state index contributed by atoms with van der Waals surface area (Å²) in [5.74, 6) is -0.383. The number of esters is 1. The van der Waals surface area contributed by atoms with Crippen molar-refractivity contribution in [2.75, 3.05) is 13.7 Å². The molecule has 0 aliphatic rings. The molecular weight excluding hydrogens is 196 g/mol. The summed E-state index contributed by atoms with van der Waals surface area (Å²) in [7, 11) is 1.34. The van der Waals surface area contributed by atoms with Crippen LogP contribution < -0.4 is 5.48 Å². The average Bonchev–Trinajstić information content (AvgIpc) is 2.29. The van der Waals surface area contributed by atoms with Crippen LogP contribution in [-0.2, 0) is 16.1 Å². The van der Waals surface area contributed by atoms with Crippen molar-refractivity contribution in [1.82, 2.24) is 10.5 Å². The zero-order valence-corrected chi connectivity index (χ0v) is 8.82. The second kappa shape index (κ2) is 6.10. The number of rotatable bonds is 5. The van der Waals surface area contributed by atoms with Crippen molar-refractivity contribution >= 4 is 5.97 Å². The second-order valence-corrected chi connectivity index (χ2v) is 2.78. The number of ether oxygens (including phenoxy) is 1. The molecule has 82 valence electrons. The molecule has 5 nitrogen and oxygen atoms in total. The minimum Gasteiger partial charge on any atom is -0.465 e. The van der Waals surface area contributed by atoms with Gasteiger partial charge in [-0.25, -0.2) is 4.79 Å². The van der Waals surface area contributed by atoms with E-state index in [1.54, 1.807) is 12.1 Å². The number of nitrogens with zero attached hydrogens (tertiary/aromatic N) is 1. The Balaban J connectivity index is 2.52. The molecule has 0 spiro atoms. The number of hydrogen-bond acceptors (Lipinski definition) is 5. The van der Waals surface area contributed by atoms with Crippen LogP contribution in [-0.4, -0.2) is 24.7 Å². The minimum absolute atomic E-state index is 0.383. The molecule has 0 fully saturated rings. The van der Waals surface area contributed by atoms with Crippen LogP contribution in [0.5, 0.6) is 0 Å². The maximum absolute atomic E-state index is 11.1. The summed E-state index contributed by atoms with van der Waals surface area (Å²) < 4.78 is 4.56. The van der Waals surface area contributed by atoms with Crippen LogP contribution in [0.4, 0.5) is 0 Å². The monoisotopic (exact) mass is 210 g/mol. The van der Waals surface area contributed by atoms with Crippen molar-refractivity contribution in [3.05, 3.63) is 29.6 Å². The Bertz CT molecular complexity index is 311. The lowest BCUT2D eigenvalue weighted by molar-refractivity contribution is 0.0456. The fourth-order valence-electron chi connectivity index (χ4n) is 0.995. The number of carbonyl (C=O) groups excluding carboxylic acids is 1. The van der Waals surface area contributed by atoms with Gasteiger partial charge in [0.25, 0.3) is 0 Å². The fourth-order valence-corrected chi connectivity index (χ4v) is 0.995. The molecule has 0 aromatic carbocycles. The Kier molecular flexibility index (Phi) is 4.73. The van der Waals surface area contributed by atoms with Gasteiger partial charge < -0.3 is 9.57 Å². The van der Waals surface area contributed by atoms with Gasteiger partial charge in [-0.1, -0.05) is 0 Å². The number of nitrogens with one attached hydrogen (secondary N) is 1. The summed E-state index contributed by atoms with van der Waals surface area (Å²) in [6.45, 7) is 3.00. The van der Waals surface area contributed by atoms with Crippen LogP contribution >= 0.6 is 0 Å². The highest BCUT2D eigenvalue weighted by atomic mass is 16.6. The summed E-state index contributed by atoms with van der Waals surface area (Å²) in [6.07, 6.45) is 1.48. The molecular formula is C10H14N2O3. The molecule has 0 atom stereocenters. The quantitative estimate of drug-likeness (QED) is 0.444. The van der Waals surface area contributed by atoms with Crippen LogP contribution in [0.25, 0.3) is 0 Å². The van der Waals surface area contributed by atoms with Gasteiger partial charge in [-0.2, -0.15) is 5.48 Å². The highest BCUT2D eigenvalue weighted by Gasteiger charge is 2.04. The summed E-state index contributed by atoms with van der Waals surface area (Å²) in [6, 6.07) is 3.42. The zero-order valence-electron chi connectivity index (χ0n) is 8.82. The normalized spacial score (nSPS) is 10.0. The van der Waals surface area contributed by atoms with Crippen molar-refractivity contribution in [1.29, 1.82) is 0 Å². The largest absolute Gasteiger partial charge is 0.465 e. The first-order chi connectivity index (χ1) is 7.27. The first-order valence-corrected chi connectivity index (χ1v) is 4.65. The maximum Gasteiger partial charge on any atom is 0.339 e. The predicted molar refractivity (Wildman–Crippen MR) is 54.0 cm³/mol. The Morgan fingerprint density at radius 3 is 2.87 bits per heavy atom. The smallest absolute Gasteiger partial charge is 0.339 e. The summed E-state index contributed by atoms with van der Waals surface area (Å²) in [5, 5.41) is 0. The van der Waals surface area contributed by atoms with Gasteiger partial charge in [0.05, 0.1) is 31.5 Å².